The Morgan fingerprint density at radius 2 is 1.89 bits per heavy atom. The summed E-state index contributed by atoms with van der Waals surface area (Å²) in [4.78, 5) is 11.6. The summed E-state index contributed by atoms with van der Waals surface area (Å²) in [6.07, 6.45) is 0.235. The molecule has 0 bridgehead atoms. The number of aliphatic hydroxyl groups is 4. The number of aliphatic hydroxyl groups excluding tert-OH is 3. The standard InChI is InChI=1S/C13H24O6/c1-9(2)4-5-11(16)13(18,12(17)19-3)7-6-10(15)8-14/h4-5,9-11,14-16,18H,6-8H2,1-3H3/b5-4+. The van der Waals surface area contributed by atoms with Crippen molar-refractivity contribution in [1.29, 1.82) is 0 Å². The molecular formula is C13H24O6. The van der Waals surface area contributed by atoms with Gasteiger partial charge in [0.15, 0.2) is 5.60 Å². The van der Waals surface area contributed by atoms with Crippen LogP contribution in [0.5, 0.6) is 0 Å². The number of methoxy groups -OCH3 is 1. The molecule has 0 aliphatic rings. The van der Waals surface area contributed by atoms with E-state index >= 15 is 0 Å². The van der Waals surface area contributed by atoms with Crippen molar-refractivity contribution in [2.75, 3.05) is 13.7 Å². The Kier molecular flexibility index (Phi) is 7.85. The predicted octanol–water partition coefficient (Wildman–Crippen LogP) is -0.403. The third-order valence-electron chi connectivity index (χ3n) is 2.78. The van der Waals surface area contributed by atoms with Gasteiger partial charge in [-0.2, -0.15) is 0 Å². The van der Waals surface area contributed by atoms with Crippen molar-refractivity contribution in [3.63, 3.8) is 0 Å². The number of carbonyl (C=O) groups is 1. The first-order chi connectivity index (χ1) is 8.77. The van der Waals surface area contributed by atoms with Crippen LogP contribution < -0.4 is 0 Å². The van der Waals surface area contributed by atoms with Crippen molar-refractivity contribution < 1.29 is 30.0 Å². The van der Waals surface area contributed by atoms with Crippen LogP contribution in [0.2, 0.25) is 0 Å². The van der Waals surface area contributed by atoms with Gasteiger partial charge >= 0.3 is 5.97 Å². The highest BCUT2D eigenvalue weighted by atomic mass is 16.5. The number of esters is 1. The topological polar surface area (TPSA) is 107 Å². The second-order valence-corrected chi connectivity index (χ2v) is 4.86. The lowest BCUT2D eigenvalue weighted by Gasteiger charge is -2.29. The van der Waals surface area contributed by atoms with Gasteiger partial charge in [0.1, 0.15) is 6.10 Å². The van der Waals surface area contributed by atoms with E-state index in [-0.39, 0.29) is 18.8 Å². The molecule has 112 valence electrons. The maximum atomic E-state index is 11.6. The molecule has 0 heterocycles. The highest BCUT2D eigenvalue weighted by Crippen LogP contribution is 2.22. The van der Waals surface area contributed by atoms with E-state index in [4.69, 9.17) is 5.11 Å². The van der Waals surface area contributed by atoms with Gasteiger partial charge in [-0.15, -0.1) is 0 Å². The fourth-order valence-electron chi connectivity index (χ4n) is 1.51. The fraction of sp³-hybridized carbons (Fsp3) is 0.769. The summed E-state index contributed by atoms with van der Waals surface area (Å²) < 4.78 is 4.48. The average Bonchev–Trinajstić information content (AvgIpc) is 2.40. The monoisotopic (exact) mass is 276 g/mol. The van der Waals surface area contributed by atoms with Gasteiger partial charge in [0, 0.05) is 0 Å². The van der Waals surface area contributed by atoms with Crippen LogP contribution in [-0.4, -0.2) is 57.9 Å². The normalized spacial score (nSPS) is 18.3. The third kappa shape index (κ3) is 5.69. The molecule has 0 saturated carbocycles. The van der Waals surface area contributed by atoms with Crippen LogP contribution in [0.1, 0.15) is 26.7 Å². The van der Waals surface area contributed by atoms with E-state index in [1.54, 1.807) is 6.08 Å². The molecule has 0 fully saturated rings. The average molecular weight is 276 g/mol. The largest absolute Gasteiger partial charge is 0.467 e. The highest BCUT2D eigenvalue weighted by molar-refractivity contribution is 5.80. The van der Waals surface area contributed by atoms with Gasteiger partial charge in [0.2, 0.25) is 0 Å². The molecule has 0 aromatic rings. The lowest BCUT2D eigenvalue weighted by molar-refractivity contribution is -0.173. The smallest absolute Gasteiger partial charge is 0.340 e. The summed E-state index contributed by atoms with van der Waals surface area (Å²) in [5.41, 5.74) is -2.13. The number of ether oxygens (including phenoxy) is 1. The van der Waals surface area contributed by atoms with Crippen LogP contribution in [0, 0.1) is 5.92 Å². The molecule has 6 nitrogen and oxygen atoms in total. The van der Waals surface area contributed by atoms with E-state index in [1.165, 1.54) is 6.08 Å². The van der Waals surface area contributed by atoms with Crippen LogP contribution >= 0.6 is 0 Å². The Bertz CT molecular complexity index is 302. The molecule has 4 N–H and O–H groups in total. The zero-order valence-electron chi connectivity index (χ0n) is 11.6. The van der Waals surface area contributed by atoms with E-state index in [1.807, 2.05) is 13.8 Å². The first kappa shape index (κ1) is 18.0. The third-order valence-corrected chi connectivity index (χ3v) is 2.78. The van der Waals surface area contributed by atoms with Crippen molar-refractivity contribution in [3.05, 3.63) is 12.2 Å². The molecule has 3 unspecified atom stereocenters. The Labute approximate surface area is 113 Å². The molecule has 0 aromatic heterocycles. The van der Waals surface area contributed by atoms with Crippen molar-refractivity contribution >= 4 is 5.97 Å². The van der Waals surface area contributed by atoms with Crippen LogP contribution in [0.4, 0.5) is 0 Å². The van der Waals surface area contributed by atoms with Gasteiger partial charge in [-0.25, -0.2) is 4.79 Å². The zero-order chi connectivity index (χ0) is 15.1. The summed E-state index contributed by atoms with van der Waals surface area (Å²) in [5, 5.41) is 38.1. The van der Waals surface area contributed by atoms with Crippen molar-refractivity contribution in [3.8, 4) is 0 Å². The minimum atomic E-state index is -2.13. The zero-order valence-corrected chi connectivity index (χ0v) is 11.6. The van der Waals surface area contributed by atoms with E-state index < -0.39 is 30.4 Å². The molecule has 19 heavy (non-hydrogen) atoms. The Balaban J connectivity index is 4.90. The SMILES string of the molecule is COC(=O)C(O)(CCC(O)CO)C(O)/C=C/C(C)C. The van der Waals surface area contributed by atoms with Gasteiger partial charge in [0.25, 0.3) is 0 Å². The molecule has 0 aliphatic carbocycles. The number of carbonyl (C=O) groups excluding carboxylic acids is 1. The minimum absolute atomic E-state index is 0.0331. The summed E-state index contributed by atoms with van der Waals surface area (Å²) in [7, 11) is 1.11. The van der Waals surface area contributed by atoms with Gasteiger partial charge in [-0.3, -0.25) is 0 Å². The van der Waals surface area contributed by atoms with E-state index in [9.17, 15) is 20.1 Å². The van der Waals surface area contributed by atoms with E-state index in [0.29, 0.717) is 0 Å². The second kappa shape index (κ2) is 8.27. The van der Waals surface area contributed by atoms with Crippen LogP contribution in [0.3, 0.4) is 0 Å². The fourth-order valence-corrected chi connectivity index (χ4v) is 1.51. The molecule has 0 spiro atoms. The molecule has 0 rings (SSSR count). The summed E-state index contributed by atoms with van der Waals surface area (Å²) in [5.74, 6) is -0.821. The number of hydrogen-bond donors (Lipinski definition) is 4. The van der Waals surface area contributed by atoms with Crippen LogP contribution in [-0.2, 0) is 9.53 Å². The number of allylic oxidation sites excluding steroid dienone is 1. The Hall–Kier alpha value is -0.950. The Morgan fingerprint density at radius 3 is 2.32 bits per heavy atom. The molecule has 6 heteroatoms. The quantitative estimate of drug-likeness (QED) is 0.355. The van der Waals surface area contributed by atoms with Gasteiger partial charge in [-0.1, -0.05) is 26.0 Å². The maximum absolute atomic E-state index is 11.6. The van der Waals surface area contributed by atoms with Crippen molar-refractivity contribution in [2.24, 2.45) is 5.92 Å². The molecular weight excluding hydrogens is 252 g/mol. The molecule has 3 atom stereocenters. The van der Waals surface area contributed by atoms with Gasteiger partial charge in [0.05, 0.1) is 19.8 Å². The number of rotatable bonds is 8. The summed E-state index contributed by atoms with van der Waals surface area (Å²) in [6, 6.07) is 0. The van der Waals surface area contributed by atoms with Crippen molar-refractivity contribution in [1.82, 2.24) is 0 Å². The second-order valence-electron chi connectivity index (χ2n) is 4.86. The molecule has 0 aliphatic heterocycles. The minimum Gasteiger partial charge on any atom is -0.467 e. The predicted molar refractivity (Wildman–Crippen MR) is 69.3 cm³/mol. The summed E-state index contributed by atoms with van der Waals surface area (Å²) in [6.45, 7) is 3.29. The van der Waals surface area contributed by atoms with E-state index in [0.717, 1.165) is 7.11 Å². The maximum Gasteiger partial charge on any atom is 0.340 e. The Morgan fingerprint density at radius 1 is 1.32 bits per heavy atom. The first-order valence-electron chi connectivity index (χ1n) is 6.24. The van der Waals surface area contributed by atoms with Gasteiger partial charge in [-0.05, 0) is 18.8 Å². The number of hydrogen-bond acceptors (Lipinski definition) is 6. The molecule has 0 amide bonds. The molecule has 0 radical (unpaired) electrons. The first-order valence-corrected chi connectivity index (χ1v) is 6.24. The van der Waals surface area contributed by atoms with Crippen LogP contribution in [0.25, 0.3) is 0 Å². The lowest BCUT2D eigenvalue weighted by Crippen LogP contribution is -2.50. The van der Waals surface area contributed by atoms with Crippen LogP contribution in [0.15, 0.2) is 12.2 Å². The molecule has 0 saturated heterocycles. The molecule has 0 aromatic carbocycles. The summed E-state index contributed by atoms with van der Waals surface area (Å²) >= 11 is 0. The van der Waals surface area contributed by atoms with E-state index in [2.05, 4.69) is 4.74 Å². The van der Waals surface area contributed by atoms with Crippen molar-refractivity contribution in [2.45, 2.75) is 44.5 Å². The van der Waals surface area contributed by atoms with Gasteiger partial charge < -0.3 is 25.2 Å². The lowest BCUT2D eigenvalue weighted by atomic mass is 9.89. The highest BCUT2D eigenvalue weighted by Gasteiger charge is 2.43.